The van der Waals surface area contributed by atoms with Crippen LogP contribution in [-0.4, -0.2) is 12.2 Å². The van der Waals surface area contributed by atoms with E-state index in [0.717, 1.165) is 0 Å². The minimum Gasteiger partial charge on any atom is -0.724 e. The van der Waals surface area contributed by atoms with E-state index < -0.39 is 0 Å². The first-order valence-corrected chi connectivity index (χ1v) is 0.855. The zero-order chi connectivity index (χ0) is 5.41. The molecule has 0 aromatic heterocycles. The first-order valence-electron chi connectivity index (χ1n) is 0.855. The zero-order valence-corrected chi connectivity index (χ0v) is 4.39. The molecule has 0 aliphatic rings. The monoisotopic (exact) mass is 136 g/mol. The summed E-state index contributed by atoms with van der Waals surface area (Å²) in [6.07, 6.45) is 1.00. The summed E-state index contributed by atoms with van der Waals surface area (Å²) in [6, 6.07) is 0. The van der Waals surface area contributed by atoms with Crippen LogP contribution in [0.3, 0.4) is 0 Å². The Bertz CT molecular complexity index is 67.7. The van der Waals surface area contributed by atoms with Gasteiger partial charge in [0.15, 0.2) is 0 Å². The fourth-order valence-corrected chi connectivity index (χ4v) is 0. The number of nitrogens with zero attached hydrogens (tertiary/aromatic N) is 2. The van der Waals surface area contributed by atoms with Gasteiger partial charge >= 0.3 is 17.4 Å². The molecule has 0 bridgehead atoms. The predicted molar refractivity (Wildman–Crippen MR) is 18.1 cm³/mol. The Kier molecular flexibility index (Phi) is 136. The third kappa shape index (κ3) is 115. The van der Waals surface area contributed by atoms with Crippen LogP contribution in [0.2, 0.25) is 0 Å². The van der Waals surface area contributed by atoms with E-state index in [1.165, 1.54) is 0 Å². The molecule has 0 saturated carbocycles. The molecule has 0 amide bonds. The van der Waals surface area contributed by atoms with E-state index in [1.54, 1.807) is 0 Å². The number of rotatable bonds is 0. The second kappa shape index (κ2) is 58.4. The molecule has 0 saturated heterocycles. The quantitative estimate of drug-likeness (QED) is 0.341. The third-order valence-corrected chi connectivity index (χ3v) is 0. The Morgan fingerprint density at radius 1 is 1.00 bits per heavy atom. The largest absolute Gasteiger partial charge is 2.00 e. The van der Waals surface area contributed by atoms with Gasteiger partial charge in [-0.1, -0.05) is 0 Å². The molecule has 0 unspecified atom stereocenters. The van der Waals surface area contributed by atoms with Crippen molar-refractivity contribution >= 4 is 12.2 Å². The van der Waals surface area contributed by atoms with E-state index in [1.807, 2.05) is 0 Å². The minimum atomic E-state index is 0. The van der Waals surface area contributed by atoms with Crippen LogP contribution in [0, 0.1) is 0 Å². The summed E-state index contributed by atoms with van der Waals surface area (Å²) in [5.41, 5.74) is 0. The van der Waals surface area contributed by atoms with Crippen LogP contribution < -0.4 is 0 Å². The van der Waals surface area contributed by atoms with Crippen molar-refractivity contribution in [3.05, 3.63) is 10.8 Å². The number of carbonyl (C=O) groups excluding carboxylic acids is 2. The van der Waals surface area contributed by atoms with E-state index in [4.69, 9.17) is 20.4 Å². The molecule has 0 atom stereocenters. The topological polar surface area (TPSA) is 78.7 Å². The van der Waals surface area contributed by atoms with Crippen molar-refractivity contribution in [2.45, 2.75) is 0 Å². The predicted octanol–water partition coefficient (Wildman–Crippen LogP) is -0.219. The molecule has 0 aromatic rings. The zero-order valence-electron chi connectivity index (χ0n) is 3.12. The van der Waals surface area contributed by atoms with Crippen molar-refractivity contribution in [2.24, 2.45) is 0 Å². The van der Waals surface area contributed by atoms with Crippen LogP contribution in [0.4, 0.5) is 0 Å². The molecule has 7 heavy (non-hydrogen) atoms. The van der Waals surface area contributed by atoms with Gasteiger partial charge < -0.3 is 10.8 Å². The maximum absolute atomic E-state index is 8.24. The molecule has 5 heteroatoms. The summed E-state index contributed by atoms with van der Waals surface area (Å²) in [7, 11) is 0. The SMILES string of the molecule is [Cr+2].[N-]=C=O.[N-]=C=O. The molecule has 0 fully saturated rings. The Morgan fingerprint density at radius 3 is 1.00 bits per heavy atom. The molecule has 0 aliphatic carbocycles. The molecule has 36 valence electrons. The molecule has 0 aliphatic heterocycles. The normalized spacial score (nSPS) is 2.29. The van der Waals surface area contributed by atoms with Gasteiger partial charge in [0, 0.05) is 0 Å². The van der Waals surface area contributed by atoms with Crippen molar-refractivity contribution in [1.29, 1.82) is 0 Å². The maximum atomic E-state index is 8.24. The van der Waals surface area contributed by atoms with E-state index in [-0.39, 0.29) is 17.4 Å². The van der Waals surface area contributed by atoms with Crippen molar-refractivity contribution in [2.75, 3.05) is 0 Å². The molecule has 0 radical (unpaired) electrons. The minimum absolute atomic E-state index is 0. The molecule has 0 spiro atoms. The van der Waals surface area contributed by atoms with E-state index in [2.05, 4.69) is 0 Å². The van der Waals surface area contributed by atoms with E-state index in [9.17, 15) is 0 Å². The van der Waals surface area contributed by atoms with Crippen LogP contribution in [0.25, 0.3) is 10.8 Å². The molecule has 4 nitrogen and oxygen atoms in total. The summed E-state index contributed by atoms with van der Waals surface area (Å²) < 4.78 is 0. The molecule has 0 aromatic carbocycles. The average Bonchev–Trinajstić information content (AvgIpc) is 1.39. The molecular formula is C2CrN2O2. The average molecular weight is 136 g/mol. The van der Waals surface area contributed by atoms with Gasteiger partial charge in [0.2, 0.25) is 0 Å². The summed E-state index contributed by atoms with van der Waals surface area (Å²) in [5.74, 6) is 0. The van der Waals surface area contributed by atoms with Crippen LogP contribution in [-0.2, 0) is 27.0 Å². The van der Waals surface area contributed by atoms with Crippen LogP contribution >= 0.6 is 0 Å². The summed E-state index contributed by atoms with van der Waals surface area (Å²) >= 11 is 0. The van der Waals surface area contributed by atoms with Gasteiger partial charge in [-0.25, -0.2) is 0 Å². The van der Waals surface area contributed by atoms with Gasteiger partial charge in [-0.05, 0) is 12.2 Å². The molecule has 0 heterocycles. The van der Waals surface area contributed by atoms with Gasteiger partial charge in [0.05, 0.1) is 0 Å². The summed E-state index contributed by atoms with van der Waals surface area (Å²) in [6.45, 7) is 0. The smallest absolute Gasteiger partial charge is 0.724 e. The van der Waals surface area contributed by atoms with Crippen molar-refractivity contribution in [3.8, 4) is 0 Å². The van der Waals surface area contributed by atoms with Crippen molar-refractivity contribution < 1.29 is 27.0 Å². The van der Waals surface area contributed by atoms with Gasteiger partial charge in [-0.2, -0.15) is 0 Å². The summed E-state index contributed by atoms with van der Waals surface area (Å²) in [4.78, 5) is 16.5. The standard InChI is InChI=1S/2CNO.Cr/c2*2-1-3;/q2*-1;+2. The molecular weight excluding hydrogens is 136 g/mol. The van der Waals surface area contributed by atoms with Crippen LogP contribution in [0.5, 0.6) is 0 Å². The van der Waals surface area contributed by atoms with E-state index >= 15 is 0 Å². The first-order chi connectivity index (χ1) is 2.83. The van der Waals surface area contributed by atoms with Gasteiger partial charge in [-0.15, -0.1) is 0 Å². The molecule has 0 rings (SSSR count). The Morgan fingerprint density at radius 2 is 1.00 bits per heavy atom. The number of hydrogen-bond acceptors (Lipinski definition) is 2. The second-order valence-electron chi connectivity index (χ2n) is 0.183. The first kappa shape index (κ1) is 16.3. The molecule has 0 N–H and O–H groups in total. The van der Waals surface area contributed by atoms with E-state index in [0.29, 0.717) is 12.2 Å². The fourth-order valence-electron chi connectivity index (χ4n) is 0. The Balaban J connectivity index is -0.0000000400. The van der Waals surface area contributed by atoms with Crippen molar-refractivity contribution in [3.63, 3.8) is 0 Å². The van der Waals surface area contributed by atoms with Gasteiger partial charge in [0.1, 0.15) is 0 Å². The van der Waals surface area contributed by atoms with Gasteiger partial charge in [0.25, 0.3) is 0 Å². The van der Waals surface area contributed by atoms with Crippen LogP contribution in [0.15, 0.2) is 0 Å². The van der Waals surface area contributed by atoms with Gasteiger partial charge in [-0.3, -0.25) is 9.59 Å². The van der Waals surface area contributed by atoms with Crippen molar-refractivity contribution in [1.82, 2.24) is 0 Å². The van der Waals surface area contributed by atoms with Crippen LogP contribution in [0.1, 0.15) is 0 Å². The number of hydrogen-bond donors (Lipinski definition) is 0. The third-order valence-electron chi connectivity index (χ3n) is 0. The second-order valence-corrected chi connectivity index (χ2v) is 0.183. The fraction of sp³-hybridized carbons (Fsp3) is 0. The Hall–Kier alpha value is -0.708. The maximum Gasteiger partial charge on any atom is 2.00 e. The summed E-state index contributed by atoms with van der Waals surface area (Å²) in [5, 5.41) is 13.5. The number of isocyanates is 2. The Labute approximate surface area is 50.7 Å².